The van der Waals surface area contributed by atoms with Crippen molar-refractivity contribution in [2.75, 3.05) is 13.2 Å². The lowest BCUT2D eigenvalue weighted by atomic mass is 10.0. The van der Waals surface area contributed by atoms with Crippen molar-refractivity contribution in [3.63, 3.8) is 0 Å². The Kier molecular flexibility index (Phi) is 6.61. The number of amides is 1. The van der Waals surface area contributed by atoms with Crippen LogP contribution in [0.4, 0.5) is 0 Å². The molecule has 1 saturated heterocycles. The average molecular weight is 524 g/mol. The summed E-state index contributed by atoms with van der Waals surface area (Å²) >= 11 is 1.27. The summed E-state index contributed by atoms with van der Waals surface area (Å²) in [5.74, 6) is -0.368. The molecule has 0 radical (unpaired) electrons. The molecule has 1 fully saturated rings. The predicted molar refractivity (Wildman–Crippen MR) is 141 cm³/mol. The monoisotopic (exact) mass is 523 g/mol. The lowest BCUT2D eigenvalue weighted by molar-refractivity contribution is -0.0778. The summed E-state index contributed by atoms with van der Waals surface area (Å²) in [5.41, 5.74) is 2.67. The van der Waals surface area contributed by atoms with Crippen molar-refractivity contribution in [1.29, 1.82) is 0 Å². The zero-order valence-electron chi connectivity index (χ0n) is 21.1. The Bertz CT molecular complexity index is 1600. The van der Waals surface area contributed by atoms with Gasteiger partial charge in [0.05, 0.1) is 23.2 Å². The van der Waals surface area contributed by atoms with Crippen molar-refractivity contribution >= 4 is 27.5 Å². The third kappa shape index (κ3) is 4.43. The van der Waals surface area contributed by atoms with Gasteiger partial charge >= 0.3 is 5.69 Å². The Morgan fingerprint density at radius 1 is 1.27 bits per heavy atom. The van der Waals surface area contributed by atoms with Crippen LogP contribution in [0.2, 0.25) is 0 Å². The van der Waals surface area contributed by atoms with E-state index < -0.39 is 23.3 Å². The standard InChI is InChI=1S/C26H29N5O5S/c1-14(2)11-30-25-21(23(33)29(4)26(30)35)20(24(34)31-12-17(32)13-36-31)19(37-25)10-18-15(3)27-28-22(18)16-8-6-5-7-9-16/h5-9,14,17,32H,10-13H2,1-4H3,(H,27,28)/t17-/m0/s1. The van der Waals surface area contributed by atoms with E-state index in [9.17, 15) is 19.5 Å². The Balaban J connectivity index is 1.75. The Morgan fingerprint density at radius 3 is 2.65 bits per heavy atom. The van der Waals surface area contributed by atoms with Gasteiger partial charge in [-0.2, -0.15) is 5.10 Å². The van der Waals surface area contributed by atoms with Crippen LogP contribution in [0.3, 0.4) is 0 Å². The van der Waals surface area contributed by atoms with Gasteiger partial charge in [0.2, 0.25) is 0 Å². The number of rotatable bonds is 6. The first-order chi connectivity index (χ1) is 17.7. The molecule has 3 aromatic heterocycles. The molecule has 1 atom stereocenters. The number of carbonyl (C=O) groups excluding carboxylic acids is 1. The maximum atomic E-state index is 13.8. The highest BCUT2D eigenvalue weighted by atomic mass is 32.1. The lowest BCUT2D eigenvalue weighted by Crippen LogP contribution is -2.39. The van der Waals surface area contributed by atoms with Crippen LogP contribution in [0, 0.1) is 12.8 Å². The minimum atomic E-state index is -0.806. The van der Waals surface area contributed by atoms with Crippen LogP contribution in [-0.2, 0) is 24.9 Å². The fraction of sp³-hybridized carbons (Fsp3) is 0.385. The van der Waals surface area contributed by atoms with E-state index in [-0.39, 0.29) is 30.0 Å². The smallest absolute Gasteiger partial charge is 0.331 e. The molecule has 0 saturated carbocycles. The number of aryl methyl sites for hydroxylation is 1. The van der Waals surface area contributed by atoms with E-state index in [4.69, 9.17) is 4.84 Å². The third-order valence-corrected chi connectivity index (χ3v) is 7.70. The molecule has 0 aliphatic carbocycles. The van der Waals surface area contributed by atoms with Crippen LogP contribution in [0.5, 0.6) is 0 Å². The van der Waals surface area contributed by atoms with Crippen LogP contribution in [0.15, 0.2) is 39.9 Å². The summed E-state index contributed by atoms with van der Waals surface area (Å²) in [4.78, 5) is 46.8. The molecule has 1 aromatic carbocycles. The fourth-order valence-corrected chi connectivity index (χ4v) is 5.95. The number of hydrogen-bond donors (Lipinski definition) is 2. The van der Waals surface area contributed by atoms with Crippen molar-refractivity contribution < 1.29 is 14.7 Å². The number of nitrogens with one attached hydrogen (secondary N) is 1. The van der Waals surface area contributed by atoms with Gasteiger partial charge in [-0.3, -0.25) is 28.7 Å². The van der Waals surface area contributed by atoms with E-state index in [1.54, 1.807) is 4.57 Å². The average Bonchev–Trinajstić information content (AvgIpc) is 3.58. The van der Waals surface area contributed by atoms with Crippen LogP contribution in [-0.4, -0.2) is 54.7 Å². The number of H-pyrrole nitrogens is 1. The second-order valence-electron chi connectivity index (χ2n) is 9.77. The van der Waals surface area contributed by atoms with Gasteiger partial charge in [0.25, 0.3) is 11.5 Å². The molecule has 2 N–H and O–H groups in total. The first-order valence-electron chi connectivity index (χ1n) is 12.1. The van der Waals surface area contributed by atoms with E-state index in [0.29, 0.717) is 22.7 Å². The first-order valence-corrected chi connectivity index (χ1v) is 13.0. The summed E-state index contributed by atoms with van der Waals surface area (Å²) in [5, 5.41) is 18.8. The SMILES string of the molecule is Cc1[nH]nc(-c2ccccc2)c1Cc1sc2c(c1C(=O)N1C[C@H](O)CO1)c(=O)n(C)c(=O)n2CC(C)C. The number of aromatic nitrogens is 4. The predicted octanol–water partition coefficient (Wildman–Crippen LogP) is 2.46. The van der Waals surface area contributed by atoms with Gasteiger partial charge in [0.15, 0.2) is 0 Å². The molecule has 4 heterocycles. The summed E-state index contributed by atoms with van der Waals surface area (Å²) in [7, 11) is 1.43. The van der Waals surface area contributed by atoms with Crippen LogP contribution in [0.1, 0.15) is 40.3 Å². The van der Waals surface area contributed by atoms with Gasteiger partial charge in [-0.25, -0.2) is 9.86 Å². The molecule has 0 unspecified atom stereocenters. The number of thiophene rings is 1. The van der Waals surface area contributed by atoms with Gasteiger partial charge < -0.3 is 5.11 Å². The molecule has 1 aliphatic rings. The second kappa shape index (κ2) is 9.73. The number of aliphatic hydroxyl groups excluding tert-OH is 1. The van der Waals surface area contributed by atoms with Crippen LogP contribution < -0.4 is 11.2 Å². The second-order valence-corrected chi connectivity index (χ2v) is 10.8. The highest BCUT2D eigenvalue weighted by molar-refractivity contribution is 7.19. The number of nitrogens with zero attached hydrogens (tertiary/aromatic N) is 4. The van der Waals surface area contributed by atoms with Crippen molar-refractivity contribution in [3.05, 3.63) is 72.9 Å². The highest BCUT2D eigenvalue weighted by Crippen LogP contribution is 2.35. The Morgan fingerprint density at radius 2 is 2.00 bits per heavy atom. The number of aromatic amines is 1. The van der Waals surface area contributed by atoms with Crippen molar-refractivity contribution in [2.24, 2.45) is 13.0 Å². The normalized spacial score (nSPS) is 15.8. The largest absolute Gasteiger partial charge is 0.389 e. The minimum Gasteiger partial charge on any atom is -0.389 e. The molecule has 1 aliphatic heterocycles. The van der Waals surface area contributed by atoms with Gasteiger partial charge in [-0.1, -0.05) is 44.2 Å². The molecular weight excluding hydrogens is 494 g/mol. The highest BCUT2D eigenvalue weighted by Gasteiger charge is 2.33. The Hall–Kier alpha value is -3.54. The van der Waals surface area contributed by atoms with E-state index in [1.807, 2.05) is 51.1 Å². The van der Waals surface area contributed by atoms with Crippen LogP contribution in [0.25, 0.3) is 21.5 Å². The molecule has 1 amide bonds. The number of β-amino-alcohol motifs (C(OH)–C–C–N with tert-alkyl or cyclic N) is 1. The quantitative estimate of drug-likeness (QED) is 0.400. The fourth-order valence-electron chi connectivity index (χ4n) is 4.66. The van der Waals surface area contributed by atoms with Crippen molar-refractivity contribution in [1.82, 2.24) is 24.4 Å². The molecule has 10 nitrogen and oxygen atoms in total. The first kappa shape index (κ1) is 25.1. The molecule has 5 rings (SSSR count). The maximum Gasteiger partial charge on any atom is 0.331 e. The van der Waals surface area contributed by atoms with Gasteiger partial charge in [0, 0.05) is 41.7 Å². The molecule has 0 spiro atoms. The van der Waals surface area contributed by atoms with Gasteiger partial charge in [-0.05, 0) is 12.8 Å². The van der Waals surface area contributed by atoms with Crippen molar-refractivity contribution in [3.8, 4) is 11.3 Å². The van der Waals surface area contributed by atoms with Crippen molar-refractivity contribution in [2.45, 2.75) is 39.8 Å². The summed E-state index contributed by atoms with van der Waals surface area (Å²) < 4.78 is 2.63. The molecule has 11 heteroatoms. The van der Waals surface area contributed by atoms with E-state index in [1.165, 1.54) is 18.4 Å². The van der Waals surface area contributed by atoms with E-state index >= 15 is 0 Å². The zero-order valence-corrected chi connectivity index (χ0v) is 22.0. The van der Waals surface area contributed by atoms with Gasteiger partial charge in [-0.15, -0.1) is 11.3 Å². The number of carbonyl (C=O) groups is 1. The maximum absolute atomic E-state index is 13.8. The number of hydrogen-bond acceptors (Lipinski definition) is 7. The van der Waals surface area contributed by atoms with Gasteiger partial charge in [0.1, 0.15) is 17.5 Å². The zero-order chi connectivity index (χ0) is 26.4. The topological polar surface area (TPSA) is 122 Å². The van der Waals surface area contributed by atoms with Crippen LogP contribution >= 0.6 is 11.3 Å². The number of benzene rings is 1. The lowest BCUT2D eigenvalue weighted by Gasteiger charge is -2.15. The number of aliphatic hydroxyl groups is 1. The number of hydroxylamine groups is 2. The minimum absolute atomic E-state index is 0.00155. The molecule has 37 heavy (non-hydrogen) atoms. The molecule has 4 aromatic rings. The Labute approximate surface area is 216 Å². The summed E-state index contributed by atoms with van der Waals surface area (Å²) in [6.07, 6.45) is -0.484. The molecular formula is C26H29N5O5S. The van der Waals surface area contributed by atoms with E-state index in [2.05, 4.69) is 10.2 Å². The molecule has 194 valence electrons. The third-order valence-electron chi connectivity index (χ3n) is 6.49. The summed E-state index contributed by atoms with van der Waals surface area (Å²) in [6, 6.07) is 9.72. The molecule has 0 bridgehead atoms. The summed E-state index contributed by atoms with van der Waals surface area (Å²) in [6.45, 7) is 6.29. The van der Waals surface area contributed by atoms with E-state index in [0.717, 1.165) is 32.1 Å². The number of fused-ring (bicyclic) bond motifs is 1.